The Bertz CT molecular complexity index is 1300. The van der Waals surface area contributed by atoms with Gasteiger partial charge in [-0.1, -0.05) is 27.7 Å². The molecule has 8 aliphatic rings. The van der Waals surface area contributed by atoms with Gasteiger partial charge in [-0.2, -0.15) is 0 Å². The molecule has 4 saturated carbocycles. The number of hydrogen-bond acceptors (Lipinski definition) is 14. The molecule has 0 unspecified atom stereocenters. The van der Waals surface area contributed by atoms with Crippen LogP contribution in [-0.2, 0) is 28.4 Å². The molecule has 14 heteroatoms. The van der Waals surface area contributed by atoms with Crippen LogP contribution >= 0.6 is 0 Å². The average molecular weight is 757 g/mol. The maximum Gasteiger partial charge on any atom is 0.187 e. The Hall–Kier alpha value is -0.560. The Balaban J connectivity index is 1.05. The number of ether oxygens (including phenoxy) is 6. The van der Waals surface area contributed by atoms with Crippen molar-refractivity contribution in [2.75, 3.05) is 19.8 Å². The van der Waals surface area contributed by atoms with Crippen LogP contribution in [0.4, 0.5) is 0 Å². The molecule has 0 aromatic rings. The van der Waals surface area contributed by atoms with Crippen LogP contribution in [0.15, 0.2) is 0 Å². The predicted octanol–water partition coefficient (Wildman–Crippen LogP) is 0.413. The molecule has 4 aliphatic heterocycles. The molecule has 53 heavy (non-hydrogen) atoms. The molecular formula is C39H64O14. The van der Waals surface area contributed by atoms with E-state index < -0.39 is 92.6 Å². The van der Waals surface area contributed by atoms with Gasteiger partial charge < -0.3 is 69.3 Å². The SMILES string of the molecule is C[C@@H]1CC[C@@]2(OC1)O[C@H]1C[C@H]3[C@@H]4C[C@H](O[C@@H]5O[C@H](CO)[C@@H](O)[C@H](O[C@@H]6O[C@H](CO)[C@@H](O)[C@H](O)[C@H]6O)[C@H]5O)[C@H]5C[C@@H](O)CC[C@]5(C)[C@H]4CC[C@]3(C)[C@H]1[C@@H]2C. The summed E-state index contributed by atoms with van der Waals surface area (Å²) in [5, 5.41) is 85.1. The van der Waals surface area contributed by atoms with Crippen molar-refractivity contribution in [3.8, 4) is 0 Å². The third kappa shape index (κ3) is 6.20. The van der Waals surface area contributed by atoms with Crippen LogP contribution in [0.3, 0.4) is 0 Å². The van der Waals surface area contributed by atoms with Gasteiger partial charge in [-0.05, 0) is 97.7 Å². The molecule has 4 aliphatic carbocycles. The minimum atomic E-state index is -1.76. The largest absolute Gasteiger partial charge is 0.394 e. The number of rotatable bonds is 6. The van der Waals surface area contributed by atoms with E-state index in [0.29, 0.717) is 48.9 Å². The van der Waals surface area contributed by atoms with E-state index in [1.54, 1.807) is 0 Å². The lowest BCUT2D eigenvalue weighted by molar-refractivity contribution is -0.369. The van der Waals surface area contributed by atoms with E-state index in [2.05, 4.69) is 27.7 Å². The highest BCUT2D eigenvalue weighted by atomic mass is 16.7. The molecule has 4 heterocycles. The highest BCUT2D eigenvalue weighted by molar-refractivity contribution is 5.16. The Morgan fingerprint density at radius 1 is 0.660 bits per heavy atom. The van der Waals surface area contributed by atoms with Crippen LogP contribution in [0, 0.1) is 52.3 Å². The summed E-state index contributed by atoms with van der Waals surface area (Å²) in [5.74, 6) is 1.79. The molecule has 8 fully saturated rings. The fourth-order valence-corrected chi connectivity index (χ4v) is 13.2. The molecule has 0 aromatic carbocycles. The van der Waals surface area contributed by atoms with Gasteiger partial charge in [0.25, 0.3) is 0 Å². The van der Waals surface area contributed by atoms with Crippen molar-refractivity contribution in [2.45, 2.75) is 171 Å². The number of aliphatic hydroxyl groups excluding tert-OH is 8. The van der Waals surface area contributed by atoms with Gasteiger partial charge >= 0.3 is 0 Å². The summed E-state index contributed by atoms with van der Waals surface area (Å²) in [6.45, 7) is 8.83. The van der Waals surface area contributed by atoms with Crippen molar-refractivity contribution >= 4 is 0 Å². The van der Waals surface area contributed by atoms with Crippen molar-refractivity contribution in [3.63, 3.8) is 0 Å². The zero-order chi connectivity index (χ0) is 37.8. The normalized spacial score (nSPS) is 59.5. The van der Waals surface area contributed by atoms with E-state index in [-0.39, 0.29) is 28.8 Å². The molecule has 8 rings (SSSR count). The second kappa shape index (κ2) is 14.4. The van der Waals surface area contributed by atoms with E-state index >= 15 is 0 Å². The number of fused-ring (bicyclic) bond motifs is 7. The van der Waals surface area contributed by atoms with Gasteiger partial charge in [0.1, 0.15) is 48.8 Å². The first-order valence-electron chi connectivity index (χ1n) is 20.4. The minimum Gasteiger partial charge on any atom is -0.394 e. The highest BCUT2D eigenvalue weighted by Crippen LogP contribution is 2.71. The van der Waals surface area contributed by atoms with Crippen molar-refractivity contribution in [1.82, 2.24) is 0 Å². The molecule has 0 radical (unpaired) electrons. The predicted molar refractivity (Wildman–Crippen MR) is 184 cm³/mol. The molecule has 8 N–H and O–H groups in total. The lowest BCUT2D eigenvalue weighted by Crippen LogP contribution is -2.66. The molecule has 23 atom stereocenters. The third-order valence-corrected chi connectivity index (χ3v) is 16.2. The first kappa shape index (κ1) is 39.3. The fraction of sp³-hybridized carbons (Fsp3) is 1.00. The Kier molecular flexibility index (Phi) is 10.6. The molecule has 304 valence electrons. The molecule has 0 amide bonds. The summed E-state index contributed by atoms with van der Waals surface area (Å²) in [4.78, 5) is 0. The zero-order valence-corrected chi connectivity index (χ0v) is 31.6. The third-order valence-electron chi connectivity index (χ3n) is 16.2. The van der Waals surface area contributed by atoms with Gasteiger partial charge in [-0.15, -0.1) is 0 Å². The first-order chi connectivity index (χ1) is 25.2. The lowest BCUT2D eigenvalue weighted by atomic mass is 9.43. The summed E-state index contributed by atoms with van der Waals surface area (Å²) in [6, 6.07) is 0. The first-order valence-corrected chi connectivity index (χ1v) is 20.4. The highest BCUT2D eigenvalue weighted by Gasteiger charge is 2.70. The van der Waals surface area contributed by atoms with E-state index in [9.17, 15) is 40.9 Å². The van der Waals surface area contributed by atoms with Crippen LogP contribution in [0.25, 0.3) is 0 Å². The van der Waals surface area contributed by atoms with Gasteiger partial charge in [0.05, 0.1) is 38.1 Å². The monoisotopic (exact) mass is 756 g/mol. The summed E-state index contributed by atoms with van der Waals surface area (Å²) < 4.78 is 37.8. The minimum absolute atomic E-state index is 0.0335. The molecule has 0 bridgehead atoms. The van der Waals surface area contributed by atoms with Crippen molar-refractivity contribution < 1.29 is 69.3 Å². The van der Waals surface area contributed by atoms with Gasteiger partial charge in [-0.25, -0.2) is 0 Å². The van der Waals surface area contributed by atoms with Gasteiger partial charge in [0.15, 0.2) is 18.4 Å². The summed E-state index contributed by atoms with van der Waals surface area (Å²) in [7, 11) is 0. The van der Waals surface area contributed by atoms with Crippen molar-refractivity contribution in [2.24, 2.45) is 52.3 Å². The summed E-state index contributed by atoms with van der Waals surface area (Å²) in [5.41, 5.74) is -0.0791. The van der Waals surface area contributed by atoms with Gasteiger partial charge in [0.2, 0.25) is 0 Å². The maximum absolute atomic E-state index is 11.7. The van der Waals surface area contributed by atoms with Crippen LogP contribution in [-0.4, -0.2) is 146 Å². The van der Waals surface area contributed by atoms with Crippen molar-refractivity contribution in [3.05, 3.63) is 0 Å². The average Bonchev–Trinajstić information content (AvgIpc) is 3.58. The topological polar surface area (TPSA) is 217 Å². The van der Waals surface area contributed by atoms with Crippen LogP contribution in [0.1, 0.15) is 85.5 Å². The Morgan fingerprint density at radius 3 is 2.02 bits per heavy atom. The van der Waals surface area contributed by atoms with Crippen molar-refractivity contribution in [1.29, 1.82) is 0 Å². The second-order valence-corrected chi connectivity index (χ2v) is 18.8. The number of aliphatic hydroxyl groups is 8. The van der Waals surface area contributed by atoms with Crippen LogP contribution in [0.5, 0.6) is 0 Å². The van der Waals surface area contributed by atoms with Gasteiger partial charge in [0, 0.05) is 12.3 Å². The summed E-state index contributed by atoms with van der Waals surface area (Å²) in [6.07, 6.45) is -7.97. The maximum atomic E-state index is 11.7. The molecule has 1 spiro atoms. The standard InChI is InChI=1S/C39H64O14/c1-17-5-10-39(48-16-17)18(2)28-25(53-39)13-22-20-12-24(23-11-19(42)6-8-37(23,3)21(20)7-9-38(22,28)4)49-36-33(47)34(30(44)27(15-41)51-36)52-35-32(46)31(45)29(43)26(14-40)50-35/h17-36,40-47H,5-16H2,1-4H3/t17-,18+,19+,20-,21+,22+,23-,24+,25+,26-,27-,28+,29-,30-,31+,32-,33-,34+,35+,36-,37-,38+,39-/m1/s1. The van der Waals surface area contributed by atoms with Crippen LogP contribution in [0.2, 0.25) is 0 Å². The Morgan fingerprint density at radius 2 is 1.34 bits per heavy atom. The zero-order valence-electron chi connectivity index (χ0n) is 31.6. The molecule has 14 nitrogen and oxygen atoms in total. The van der Waals surface area contributed by atoms with E-state index in [0.717, 1.165) is 45.1 Å². The quantitative estimate of drug-likeness (QED) is 0.173. The smallest absolute Gasteiger partial charge is 0.187 e. The molecule has 4 saturated heterocycles. The van der Waals surface area contributed by atoms with E-state index in [1.165, 1.54) is 0 Å². The second-order valence-electron chi connectivity index (χ2n) is 18.8. The Labute approximate surface area is 312 Å². The molecule has 0 aromatic heterocycles. The van der Waals surface area contributed by atoms with E-state index in [4.69, 9.17) is 28.4 Å². The molecular weight excluding hydrogens is 692 g/mol. The lowest BCUT2D eigenvalue weighted by Gasteiger charge is -2.63. The van der Waals surface area contributed by atoms with E-state index in [1.807, 2.05) is 0 Å². The van der Waals surface area contributed by atoms with Gasteiger partial charge in [-0.3, -0.25) is 0 Å². The fourth-order valence-electron chi connectivity index (χ4n) is 13.2. The number of hydrogen-bond donors (Lipinski definition) is 8. The van der Waals surface area contributed by atoms with Crippen LogP contribution < -0.4 is 0 Å². The summed E-state index contributed by atoms with van der Waals surface area (Å²) >= 11 is 0.